The molecule has 0 fully saturated rings. The van der Waals surface area contributed by atoms with E-state index in [2.05, 4.69) is 76.2 Å². The van der Waals surface area contributed by atoms with Gasteiger partial charge in [0, 0.05) is 11.1 Å². The van der Waals surface area contributed by atoms with Crippen LogP contribution in [0.1, 0.15) is 110 Å². The Bertz CT molecular complexity index is 1410. The van der Waals surface area contributed by atoms with Crippen LogP contribution >= 0.6 is 0 Å². The summed E-state index contributed by atoms with van der Waals surface area (Å²) < 4.78 is 0. The fraction of sp³-hybridized carbons (Fsp3) is 0.389. The Morgan fingerprint density at radius 3 is 1.50 bits per heavy atom. The van der Waals surface area contributed by atoms with Gasteiger partial charge in [-0.15, -0.1) is 0 Å². The molecule has 0 radical (unpaired) electrons. The summed E-state index contributed by atoms with van der Waals surface area (Å²) >= 11 is 0. The minimum atomic E-state index is 0.150. The topological polar surface area (TPSA) is 34.1 Å². The maximum Gasteiger partial charge on any atom is 0.159 e. The molecule has 0 aliphatic carbocycles. The van der Waals surface area contributed by atoms with Gasteiger partial charge in [0.25, 0.3) is 0 Å². The molecule has 0 amide bonds. The van der Waals surface area contributed by atoms with E-state index < -0.39 is 0 Å². The van der Waals surface area contributed by atoms with Crippen molar-refractivity contribution >= 4 is 33.1 Å². The van der Waals surface area contributed by atoms with Crippen molar-refractivity contribution in [1.82, 2.24) is 0 Å². The number of ketones is 2. The third-order valence-corrected chi connectivity index (χ3v) is 7.14. The number of hydrogen-bond donors (Lipinski definition) is 0. The van der Waals surface area contributed by atoms with Crippen molar-refractivity contribution in [2.75, 3.05) is 0 Å². The number of fused-ring (bicyclic) bond motifs is 2. The Labute approximate surface area is 229 Å². The van der Waals surface area contributed by atoms with E-state index in [1.807, 2.05) is 12.1 Å². The van der Waals surface area contributed by atoms with Crippen molar-refractivity contribution in [2.24, 2.45) is 0 Å². The second-order valence-electron chi connectivity index (χ2n) is 10.5. The summed E-state index contributed by atoms with van der Waals surface area (Å²) in [6.45, 7) is 12.0. The molecule has 2 nitrogen and oxygen atoms in total. The summed E-state index contributed by atoms with van der Waals surface area (Å²) in [5.74, 6) is 0.303. The highest BCUT2D eigenvalue weighted by Crippen LogP contribution is 2.26. The fourth-order valence-corrected chi connectivity index (χ4v) is 5.23. The van der Waals surface area contributed by atoms with Gasteiger partial charge in [0.1, 0.15) is 0 Å². The summed E-state index contributed by atoms with van der Waals surface area (Å²) in [6, 6.07) is 21.5. The molecule has 0 saturated carbocycles. The molecule has 38 heavy (non-hydrogen) atoms. The molecule has 0 N–H and O–H groups in total. The molecule has 4 rings (SSSR count). The van der Waals surface area contributed by atoms with Crippen LogP contribution in [0.3, 0.4) is 0 Å². The summed E-state index contributed by atoms with van der Waals surface area (Å²) in [5, 5.41) is 5.02. The molecule has 0 bridgehead atoms. The number of Topliss-reactive ketones (excluding diaryl/α,β-unsaturated/α-hetero) is 2. The molecule has 0 aromatic heterocycles. The van der Waals surface area contributed by atoms with Crippen LogP contribution in [-0.2, 0) is 25.7 Å². The Kier molecular flexibility index (Phi) is 10.8. The van der Waals surface area contributed by atoms with Crippen LogP contribution in [0.15, 0.2) is 60.7 Å². The maximum absolute atomic E-state index is 11.7. The summed E-state index contributed by atoms with van der Waals surface area (Å²) in [5.41, 5.74) is 7.03. The van der Waals surface area contributed by atoms with Crippen LogP contribution in [0, 0.1) is 0 Å². The SMILES string of the molecule is CCCc1ccc2c(CCC)cc(C(C)=O)cc2c1.CCCc1ccc2cc(C(C)=O)cc(CCC)c2c1. The van der Waals surface area contributed by atoms with Crippen LogP contribution in [0.4, 0.5) is 0 Å². The van der Waals surface area contributed by atoms with Gasteiger partial charge in [0.05, 0.1) is 0 Å². The molecule has 2 heteroatoms. The summed E-state index contributed by atoms with van der Waals surface area (Å²) in [4.78, 5) is 23.3. The molecular formula is C36H44O2. The van der Waals surface area contributed by atoms with Crippen LogP contribution < -0.4 is 0 Å². The highest BCUT2D eigenvalue weighted by atomic mass is 16.1. The van der Waals surface area contributed by atoms with Gasteiger partial charge in [-0.3, -0.25) is 9.59 Å². The van der Waals surface area contributed by atoms with Gasteiger partial charge in [-0.05, 0) is 108 Å². The van der Waals surface area contributed by atoms with E-state index >= 15 is 0 Å². The second kappa shape index (κ2) is 14.0. The lowest BCUT2D eigenvalue weighted by Crippen LogP contribution is -1.97. The molecule has 4 aromatic rings. The number of carbonyl (C=O) groups is 2. The lowest BCUT2D eigenvalue weighted by Gasteiger charge is -2.10. The number of hydrogen-bond acceptors (Lipinski definition) is 2. The molecule has 0 atom stereocenters. The molecule has 0 unspecified atom stereocenters. The molecule has 200 valence electrons. The first kappa shape index (κ1) is 29.3. The van der Waals surface area contributed by atoms with E-state index in [1.54, 1.807) is 13.8 Å². The number of benzene rings is 4. The first-order valence-electron chi connectivity index (χ1n) is 14.4. The third-order valence-electron chi connectivity index (χ3n) is 7.14. The van der Waals surface area contributed by atoms with Crippen LogP contribution in [0.5, 0.6) is 0 Å². The zero-order valence-corrected chi connectivity index (χ0v) is 24.2. The fourth-order valence-electron chi connectivity index (χ4n) is 5.23. The smallest absolute Gasteiger partial charge is 0.159 e. The molecule has 0 spiro atoms. The van der Waals surface area contributed by atoms with Crippen molar-refractivity contribution in [2.45, 2.75) is 92.9 Å². The quantitative estimate of drug-likeness (QED) is 0.200. The lowest BCUT2D eigenvalue weighted by atomic mass is 9.94. The Hall–Kier alpha value is -3.26. The van der Waals surface area contributed by atoms with Gasteiger partial charge in [0.2, 0.25) is 0 Å². The molecule has 0 heterocycles. The number of aryl methyl sites for hydroxylation is 4. The van der Waals surface area contributed by atoms with Crippen molar-refractivity contribution in [3.63, 3.8) is 0 Å². The first-order valence-corrected chi connectivity index (χ1v) is 14.4. The van der Waals surface area contributed by atoms with Gasteiger partial charge in [-0.25, -0.2) is 0 Å². The van der Waals surface area contributed by atoms with Crippen molar-refractivity contribution in [1.29, 1.82) is 0 Å². The largest absolute Gasteiger partial charge is 0.295 e. The minimum Gasteiger partial charge on any atom is -0.295 e. The summed E-state index contributed by atoms with van der Waals surface area (Å²) in [7, 11) is 0. The van der Waals surface area contributed by atoms with Crippen molar-refractivity contribution in [3.05, 3.63) is 94.0 Å². The van der Waals surface area contributed by atoms with E-state index in [-0.39, 0.29) is 11.6 Å². The zero-order chi connectivity index (χ0) is 27.7. The lowest BCUT2D eigenvalue weighted by molar-refractivity contribution is 0.100. The monoisotopic (exact) mass is 508 g/mol. The van der Waals surface area contributed by atoms with E-state index in [0.29, 0.717) is 0 Å². The molecule has 0 aliphatic rings. The molecule has 0 aliphatic heterocycles. The first-order chi connectivity index (χ1) is 18.3. The van der Waals surface area contributed by atoms with Crippen molar-refractivity contribution in [3.8, 4) is 0 Å². The van der Waals surface area contributed by atoms with Gasteiger partial charge in [-0.2, -0.15) is 0 Å². The predicted octanol–water partition coefficient (Wildman–Crippen LogP) is 9.89. The standard InChI is InChI=1S/2C18H22O/c1-4-6-14-8-9-18-15(7-5-2)11-16(13(3)19)12-17(18)10-14;1-4-6-14-8-9-16-12-17(13(3)19)11-15(7-5-2)18(16)10-14/h2*8-12H,4-7H2,1-3H3. The van der Waals surface area contributed by atoms with Gasteiger partial charge < -0.3 is 0 Å². The predicted molar refractivity (Wildman–Crippen MR) is 164 cm³/mol. The van der Waals surface area contributed by atoms with E-state index in [1.165, 1.54) is 50.2 Å². The average Bonchev–Trinajstić information content (AvgIpc) is 2.89. The van der Waals surface area contributed by atoms with Crippen molar-refractivity contribution < 1.29 is 9.59 Å². The molecular weight excluding hydrogens is 464 g/mol. The van der Waals surface area contributed by atoms with E-state index in [0.717, 1.165) is 56.1 Å². The number of rotatable bonds is 10. The molecule has 4 aromatic carbocycles. The average molecular weight is 509 g/mol. The highest BCUT2D eigenvalue weighted by Gasteiger charge is 2.09. The maximum atomic E-state index is 11.7. The van der Waals surface area contributed by atoms with Gasteiger partial charge >= 0.3 is 0 Å². The van der Waals surface area contributed by atoms with Crippen LogP contribution in [0.2, 0.25) is 0 Å². The second-order valence-corrected chi connectivity index (χ2v) is 10.5. The van der Waals surface area contributed by atoms with Crippen LogP contribution in [-0.4, -0.2) is 11.6 Å². The Morgan fingerprint density at radius 2 is 0.974 bits per heavy atom. The van der Waals surface area contributed by atoms with E-state index in [9.17, 15) is 9.59 Å². The normalized spacial score (nSPS) is 10.9. The highest BCUT2D eigenvalue weighted by molar-refractivity contribution is 6.00. The Balaban J connectivity index is 0.000000211. The molecule has 0 saturated heterocycles. The summed E-state index contributed by atoms with van der Waals surface area (Å²) in [6.07, 6.45) is 8.82. The van der Waals surface area contributed by atoms with E-state index in [4.69, 9.17) is 0 Å². The van der Waals surface area contributed by atoms with Gasteiger partial charge in [0.15, 0.2) is 11.6 Å². The van der Waals surface area contributed by atoms with Crippen LogP contribution in [0.25, 0.3) is 21.5 Å². The number of carbonyl (C=O) groups excluding carboxylic acids is 2. The zero-order valence-electron chi connectivity index (χ0n) is 24.2. The Morgan fingerprint density at radius 1 is 0.500 bits per heavy atom. The minimum absolute atomic E-state index is 0.150. The third kappa shape index (κ3) is 7.40. The van der Waals surface area contributed by atoms with Gasteiger partial charge in [-0.1, -0.05) is 89.8 Å².